The summed E-state index contributed by atoms with van der Waals surface area (Å²) >= 11 is 1.39. The molecule has 1 atom stereocenters. The maximum atomic E-state index is 11.9. The molecule has 0 fully saturated rings. The number of nitrogens with one attached hydrogen (secondary N) is 1. The fourth-order valence-corrected chi connectivity index (χ4v) is 1.94. The molecule has 1 aromatic heterocycles. The first-order chi connectivity index (χ1) is 8.19. The number of hydrogen-bond donors (Lipinski definition) is 2. The molecule has 1 aromatic rings. The first-order valence-corrected chi connectivity index (χ1v) is 6.55. The highest BCUT2D eigenvalue weighted by Gasteiger charge is 2.13. The number of thiophene rings is 1. The third-order valence-electron chi connectivity index (χ3n) is 2.32. The maximum absolute atomic E-state index is 11.9. The second-order valence-corrected chi connectivity index (χ2v) is 4.64. The van der Waals surface area contributed by atoms with Crippen LogP contribution >= 0.6 is 11.3 Å². The average Bonchev–Trinajstić information content (AvgIpc) is 2.77. The predicted octanol–water partition coefficient (Wildman–Crippen LogP) is 2.01. The van der Waals surface area contributed by atoms with Crippen LogP contribution in [0.15, 0.2) is 11.4 Å². The lowest BCUT2D eigenvalue weighted by molar-refractivity contribution is 0.0943. The van der Waals surface area contributed by atoms with E-state index in [1.165, 1.54) is 11.3 Å². The molecule has 3 nitrogen and oxygen atoms in total. The SMILES string of the molecule is CCC(C)NC(=O)c1sccc1C#CCCO. The first kappa shape index (κ1) is 13.8. The lowest BCUT2D eigenvalue weighted by atomic mass is 10.2. The fraction of sp³-hybridized carbons (Fsp3) is 0.462. The van der Waals surface area contributed by atoms with E-state index in [1.807, 2.05) is 25.3 Å². The van der Waals surface area contributed by atoms with E-state index in [0.717, 1.165) is 12.0 Å². The zero-order valence-corrected chi connectivity index (χ0v) is 10.9. The molecule has 1 unspecified atom stereocenters. The molecule has 0 aliphatic rings. The highest BCUT2D eigenvalue weighted by Crippen LogP contribution is 2.16. The van der Waals surface area contributed by atoms with Crippen molar-refractivity contribution in [3.8, 4) is 11.8 Å². The predicted molar refractivity (Wildman–Crippen MR) is 70.1 cm³/mol. The van der Waals surface area contributed by atoms with Crippen molar-refractivity contribution < 1.29 is 9.90 Å². The van der Waals surface area contributed by atoms with Crippen molar-refractivity contribution in [3.63, 3.8) is 0 Å². The molecule has 0 saturated carbocycles. The molecule has 2 N–H and O–H groups in total. The average molecular weight is 251 g/mol. The van der Waals surface area contributed by atoms with Crippen molar-refractivity contribution in [3.05, 3.63) is 21.9 Å². The molecule has 0 aliphatic carbocycles. The second-order valence-electron chi connectivity index (χ2n) is 3.72. The molecule has 0 saturated heterocycles. The van der Waals surface area contributed by atoms with E-state index in [9.17, 15) is 4.79 Å². The Hall–Kier alpha value is -1.31. The number of carbonyl (C=O) groups is 1. The highest BCUT2D eigenvalue weighted by molar-refractivity contribution is 7.12. The van der Waals surface area contributed by atoms with Crippen LogP contribution in [0.4, 0.5) is 0 Å². The Bertz CT molecular complexity index is 428. The van der Waals surface area contributed by atoms with E-state index in [0.29, 0.717) is 11.3 Å². The molecule has 0 spiro atoms. The maximum Gasteiger partial charge on any atom is 0.262 e. The number of rotatable bonds is 4. The van der Waals surface area contributed by atoms with Gasteiger partial charge in [0, 0.05) is 18.0 Å². The van der Waals surface area contributed by atoms with Crippen LogP contribution in [0.3, 0.4) is 0 Å². The summed E-state index contributed by atoms with van der Waals surface area (Å²) in [5.41, 5.74) is 0.740. The number of hydrogen-bond acceptors (Lipinski definition) is 3. The van der Waals surface area contributed by atoms with Crippen LogP contribution in [0.25, 0.3) is 0 Å². The molecular formula is C13H17NO2S. The van der Waals surface area contributed by atoms with Crippen LogP contribution in [0.5, 0.6) is 0 Å². The largest absolute Gasteiger partial charge is 0.395 e. The standard InChI is InChI=1S/C13H17NO2S/c1-3-10(2)14-13(16)12-11(7-9-17-12)6-4-5-8-15/h7,9-10,15H,3,5,8H2,1-2H3,(H,14,16). The van der Waals surface area contributed by atoms with Crippen molar-refractivity contribution in [1.29, 1.82) is 0 Å². The Kier molecular flexibility index (Phi) is 5.75. The summed E-state index contributed by atoms with van der Waals surface area (Å²) in [6.45, 7) is 4.05. The van der Waals surface area contributed by atoms with Crippen LogP contribution < -0.4 is 5.32 Å². The van der Waals surface area contributed by atoms with Gasteiger partial charge in [-0.3, -0.25) is 4.79 Å². The third-order valence-corrected chi connectivity index (χ3v) is 3.23. The van der Waals surface area contributed by atoms with Gasteiger partial charge in [0.05, 0.1) is 6.61 Å². The van der Waals surface area contributed by atoms with Gasteiger partial charge >= 0.3 is 0 Å². The zero-order valence-electron chi connectivity index (χ0n) is 10.1. The minimum Gasteiger partial charge on any atom is -0.395 e. The minimum atomic E-state index is -0.0670. The first-order valence-electron chi connectivity index (χ1n) is 5.67. The van der Waals surface area contributed by atoms with Crippen molar-refractivity contribution in [2.75, 3.05) is 6.61 Å². The van der Waals surface area contributed by atoms with Crippen molar-refractivity contribution in [1.82, 2.24) is 5.32 Å². The Labute approximate surface area is 106 Å². The Morgan fingerprint density at radius 1 is 1.65 bits per heavy atom. The quantitative estimate of drug-likeness (QED) is 0.804. The molecule has 1 amide bonds. The number of carbonyl (C=O) groups excluding carboxylic acids is 1. The monoisotopic (exact) mass is 251 g/mol. The Morgan fingerprint density at radius 3 is 3.06 bits per heavy atom. The molecule has 0 bridgehead atoms. The zero-order chi connectivity index (χ0) is 12.7. The van der Waals surface area contributed by atoms with Crippen LogP contribution in [0.2, 0.25) is 0 Å². The summed E-state index contributed by atoms with van der Waals surface area (Å²) in [5.74, 6) is 5.67. The lowest BCUT2D eigenvalue weighted by Crippen LogP contribution is -2.31. The van der Waals surface area contributed by atoms with Gasteiger partial charge in [0.2, 0.25) is 0 Å². The Morgan fingerprint density at radius 2 is 2.41 bits per heavy atom. The van der Waals surface area contributed by atoms with Gasteiger partial charge in [0.25, 0.3) is 5.91 Å². The molecule has 92 valence electrons. The van der Waals surface area contributed by atoms with Gasteiger partial charge in [0.1, 0.15) is 4.88 Å². The summed E-state index contributed by atoms with van der Waals surface area (Å²) in [4.78, 5) is 12.6. The van der Waals surface area contributed by atoms with Gasteiger partial charge in [-0.25, -0.2) is 0 Å². The van der Waals surface area contributed by atoms with Crippen LogP contribution in [0, 0.1) is 11.8 Å². The van der Waals surface area contributed by atoms with Gasteiger partial charge in [-0.2, -0.15) is 0 Å². The summed E-state index contributed by atoms with van der Waals surface area (Å²) in [5, 5.41) is 13.4. The smallest absolute Gasteiger partial charge is 0.262 e. The topological polar surface area (TPSA) is 49.3 Å². The molecule has 0 aliphatic heterocycles. The molecule has 4 heteroatoms. The molecular weight excluding hydrogens is 234 g/mol. The molecule has 0 aromatic carbocycles. The normalized spacial score (nSPS) is 11.5. The van der Waals surface area contributed by atoms with Crippen molar-refractivity contribution in [2.45, 2.75) is 32.7 Å². The number of amides is 1. The van der Waals surface area contributed by atoms with E-state index in [4.69, 9.17) is 5.11 Å². The van der Waals surface area contributed by atoms with Crippen LogP contribution in [-0.2, 0) is 0 Å². The second kappa shape index (κ2) is 7.10. The van der Waals surface area contributed by atoms with Gasteiger partial charge in [-0.05, 0) is 24.8 Å². The van der Waals surface area contributed by atoms with Crippen molar-refractivity contribution >= 4 is 17.2 Å². The van der Waals surface area contributed by atoms with Crippen molar-refractivity contribution in [2.24, 2.45) is 0 Å². The van der Waals surface area contributed by atoms with Gasteiger partial charge < -0.3 is 10.4 Å². The minimum absolute atomic E-state index is 0.0472. The molecule has 0 radical (unpaired) electrons. The van der Waals surface area contributed by atoms with E-state index in [2.05, 4.69) is 17.2 Å². The van der Waals surface area contributed by atoms with E-state index < -0.39 is 0 Å². The van der Waals surface area contributed by atoms with Gasteiger partial charge in [-0.15, -0.1) is 11.3 Å². The number of aliphatic hydroxyl groups excluding tert-OH is 1. The summed E-state index contributed by atoms with van der Waals surface area (Å²) in [6, 6.07) is 2.00. The lowest BCUT2D eigenvalue weighted by Gasteiger charge is -2.10. The van der Waals surface area contributed by atoms with E-state index in [1.54, 1.807) is 0 Å². The summed E-state index contributed by atoms with van der Waals surface area (Å²) in [6.07, 6.45) is 1.34. The summed E-state index contributed by atoms with van der Waals surface area (Å²) < 4.78 is 0. The molecule has 17 heavy (non-hydrogen) atoms. The Balaban J connectivity index is 2.75. The molecule has 1 heterocycles. The molecule has 1 rings (SSSR count). The highest BCUT2D eigenvalue weighted by atomic mass is 32.1. The summed E-state index contributed by atoms with van der Waals surface area (Å²) in [7, 11) is 0. The van der Waals surface area contributed by atoms with Gasteiger partial charge in [-0.1, -0.05) is 18.8 Å². The van der Waals surface area contributed by atoms with Crippen LogP contribution in [-0.4, -0.2) is 23.7 Å². The van der Waals surface area contributed by atoms with E-state index >= 15 is 0 Å². The van der Waals surface area contributed by atoms with E-state index in [-0.39, 0.29) is 18.6 Å². The van der Waals surface area contributed by atoms with Crippen LogP contribution in [0.1, 0.15) is 41.9 Å². The van der Waals surface area contributed by atoms with Gasteiger partial charge in [0.15, 0.2) is 0 Å². The fourth-order valence-electron chi connectivity index (χ4n) is 1.19. The third kappa shape index (κ3) is 4.22. The number of aliphatic hydroxyl groups is 1.